The van der Waals surface area contributed by atoms with E-state index >= 15 is 0 Å². The molecular formula is C7H6BrClO2. The van der Waals surface area contributed by atoms with Crippen LogP contribution in [0.1, 0.15) is 0 Å². The Balaban J connectivity index is 3.21. The van der Waals surface area contributed by atoms with Gasteiger partial charge in [0.1, 0.15) is 0 Å². The topological polar surface area (TPSA) is 29.5 Å². The van der Waals surface area contributed by atoms with E-state index in [1.54, 1.807) is 6.07 Å². The monoisotopic (exact) mass is 236 g/mol. The van der Waals surface area contributed by atoms with Crippen LogP contribution in [0.2, 0.25) is 5.02 Å². The van der Waals surface area contributed by atoms with Crippen LogP contribution in [-0.4, -0.2) is 12.2 Å². The average molecular weight is 237 g/mol. The van der Waals surface area contributed by atoms with Crippen LogP contribution in [0.25, 0.3) is 0 Å². The number of hydrogen-bond donors (Lipinski definition) is 1. The van der Waals surface area contributed by atoms with Gasteiger partial charge in [0.15, 0.2) is 11.5 Å². The molecule has 0 radical (unpaired) electrons. The third-order valence-corrected chi connectivity index (χ3v) is 2.42. The van der Waals surface area contributed by atoms with Crippen LogP contribution in [0.3, 0.4) is 0 Å². The number of ether oxygens (including phenoxy) is 1. The molecular weight excluding hydrogens is 231 g/mol. The summed E-state index contributed by atoms with van der Waals surface area (Å²) in [5.74, 6) is 0.446. The van der Waals surface area contributed by atoms with Crippen LogP contribution in [0, 0.1) is 0 Å². The van der Waals surface area contributed by atoms with E-state index in [4.69, 9.17) is 16.3 Å². The maximum absolute atomic E-state index is 9.20. The van der Waals surface area contributed by atoms with Crippen molar-refractivity contribution in [3.05, 3.63) is 21.6 Å². The van der Waals surface area contributed by atoms with Gasteiger partial charge in [-0.3, -0.25) is 0 Å². The molecule has 0 heterocycles. The van der Waals surface area contributed by atoms with E-state index in [0.717, 1.165) is 0 Å². The number of benzene rings is 1. The van der Waals surface area contributed by atoms with E-state index in [0.29, 0.717) is 15.2 Å². The lowest BCUT2D eigenvalue weighted by atomic mass is 10.3. The Bertz CT molecular complexity index is 275. The SMILES string of the molecule is COc1cc(Cl)c(Br)cc1O. The number of rotatable bonds is 1. The normalized spacial score (nSPS) is 9.73. The summed E-state index contributed by atoms with van der Waals surface area (Å²) in [7, 11) is 1.47. The Labute approximate surface area is 77.9 Å². The number of phenolic OH excluding ortho intramolecular Hbond substituents is 1. The van der Waals surface area contributed by atoms with Crippen molar-refractivity contribution in [2.75, 3.05) is 7.11 Å². The van der Waals surface area contributed by atoms with Crippen molar-refractivity contribution in [3.63, 3.8) is 0 Å². The molecule has 0 fully saturated rings. The summed E-state index contributed by atoms with van der Waals surface area (Å²) in [6.45, 7) is 0. The minimum atomic E-state index is 0.0729. The number of phenols is 1. The molecule has 2 nitrogen and oxygen atoms in total. The molecule has 0 aromatic heterocycles. The number of halogens is 2. The minimum Gasteiger partial charge on any atom is -0.504 e. The van der Waals surface area contributed by atoms with E-state index in [-0.39, 0.29) is 5.75 Å². The van der Waals surface area contributed by atoms with Gasteiger partial charge in [-0.05, 0) is 22.0 Å². The molecule has 1 aromatic rings. The second kappa shape index (κ2) is 3.32. The highest BCUT2D eigenvalue weighted by molar-refractivity contribution is 9.10. The molecule has 0 aliphatic carbocycles. The van der Waals surface area contributed by atoms with Gasteiger partial charge in [-0.2, -0.15) is 0 Å². The highest BCUT2D eigenvalue weighted by Crippen LogP contribution is 2.34. The summed E-state index contributed by atoms with van der Waals surface area (Å²) in [6, 6.07) is 3.03. The minimum absolute atomic E-state index is 0.0729. The molecule has 1 rings (SSSR count). The molecule has 0 saturated carbocycles. The van der Waals surface area contributed by atoms with Crippen molar-refractivity contribution >= 4 is 27.5 Å². The van der Waals surface area contributed by atoms with Gasteiger partial charge in [-0.15, -0.1) is 0 Å². The summed E-state index contributed by atoms with van der Waals surface area (Å²) >= 11 is 8.89. The largest absolute Gasteiger partial charge is 0.504 e. The first-order valence-corrected chi connectivity index (χ1v) is 4.04. The highest BCUT2D eigenvalue weighted by atomic mass is 79.9. The van der Waals surface area contributed by atoms with Crippen molar-refractivity contribution in [2.45, 2.75) is 0 Å². The van der Waals surface area contributed by atoms with Crippen LogP contribution < -0.4 is 4.74 Å². The molecule has 1 N–H and O–H groups in total. The van der Waals surface area contributed by atoms with Crippen LogP contribution in [0.5, 0.6) is 11.5 Å². The first-order valence-electron chi connectivity index (χ1n) is 2.87. The van der Waals surface area contributed by atoms with Gasteiger partial charge in [0, 0.05) is 10.5 Å². The molecule has 4 heteroatoms. The van der Waals surface area contributed by atoms with Gasteiger partial charge in [0.2, 0.25) is 0 Å². The lowest BCUT2D eigenvalue weighted by Gasteiger charge is -2.03. The zero-order valence-electron chi connectivity index (χ0n) is 5.77. The first-order chi connectivity index (χ1) is 5.15. The fourth-order valence-electron chi connectivity index (χ4n) is 0.682. The molecule has 0 unspecified atom stereocenters. The number of methoxy groups -OCH3 is 1. The zero-order valence-corrected chi connectivity index (χ0v) is 8.11. The Morgan fingerprint density at radius 2 is 2.18 bits per heavy atom. The van der Waals surface area contributed by atoms with E-state index < -0.39 is 0 Å². The number of hydrogen-bond acceptors (Lipinski definition) is 2. The smallest absolute Gasteiger partial charge is 0.162 e. The van der Waals surface area contributed by atoms with Crippen LogP contribution in [0.15, 0.2) is 16.6 Å². The molecule has 0 atom stereocenters. The summed E-state index contributed by atoms with van der Waals surface area (Å²) < 4.78 is 5.48. The maximum atomic E-state index is 9.20. The standard InChI is InChI=1S/C7H6BrClO2/c1-11-7-3-5(9)4(8)2-6(7)10/h2-3,10H,1H3. The summed E-state index contributed by atoms with van der Waals surface area (Å²) in [5.41, 5.74) is 0. The number of aromatic hydroxyl groups is 1. The van der Waals surface area contributed by atoms with Crippen molar-refractivity contribution in [3.8, 4) is 11.5 Å². The van der Waals surface area contributed by atoms with Gasteiger partial charge >= 0.3 is 0 Å². The average Bonchev–Trinajstić information content (AvgIpc) is 1.97. The van der Waals surface area contributed by atoms with Crippen molar-refractivity contribution in [2.24, 2.45) is 0 Å². The zero-order chi connectivity index (χ0) is 8.43. The molecule has 0 amide bonds. The molecule has 0 aliphatic rings. The molecule has 60 valence electrons. The van der Waals surface area contributed by atoms with Crippen molar-refractivity contribution < 1.29 is 9.84 Å². The molecule has 11 heavy (non-hydrogen) atoms. The van der Waals surface area contributed by atoms with E-state index in [1.165, 1.54) is 13.2 Å². The summed E-state index contributed by atoms with van der Waals surface area (Å²) in [5, 5.41) is 9.72. The van der Waals surface area contributed by atoms with Gasteiger partial charge in [-0.1, -0.05) is 11.6 Å². The maximum Gasteiger partial charge on any atom is 0.162 e. The summed E-state index contributed by atoms with van der Waals surface area (Å²) in [4.78, 5) is 0. The van der Waals surface area contributed by atoms with Gasteiger partial charge < -0.3 is 9.84 Å². The second-order valence-electron chi connectivity index (χ2n) is 1.94. The third kappa shape index (κ3) is 1.79. The van der Waals surface area contributed by atoms with E-state index in [2.05, 4.69) is 15.9 Å². The molecule has 0 spiro atoms. The Hall–Kier alpha value is -0.410. The Morgan fingerprint density at radius 3 is 2.73 bits per heavy atom. The predicted molar refractivity (Wildman–Crippen MR) is 47.4 cm³/mol. The van der Waals surface area contributed by atoms with Gasteiger partial charge in [-0.25, -0.2) is 0 Å². The quantitative estimate of drug-likeness (QED) is 0.814. The second-order valence-corrected chi connectivity index (χ2v) is 3.20. The fourth-order valence-corrected chi connectivity index (χ4v) is 1.17. The molecule has 0 aliphatic heterocycles. The lowest BCUT2D eigenvalue weighted by Crippen LogP contribution is -1.83. The molecule has 1 aromatic carbocycles. The van der Waals surface area contributed by atoms with Gasteiger partial charge in [0.25, 0.3) is 0 Å². The first kappa shape index (κ1) is 8.68. The van der Waals surface area contributed by atoms with Crippen LogP contribution in [0.4, 0.5) is 0 Å². The summed E-state index contributed by atoms with van der Waals surface area (Å²) in [6.07, 6.45) is 0. The fraction of sp³-hybridized carbons (Fsp3) is 0.143. The molecule has 0 bridgehead atoms. The van der Waals surface area contributed by atoms with Crippen LogP contribution in [-0.2, 0) is 0 Å². The van der Waals surface area contributed by atoms with Crippen molar-refractivity contribution in [1.82, 2.24) is 0 Å². The Kier molecular flexibility index (Phi) is 2.62. The van der Waals surface area contributed by atoms with E-state index in [9.17, 15) is 5.11 Å². The predicted octanol–water partition coefficient (Wildman–Crippen LogP) is 2.82. The third-order valence-electron chi connectivity index (χ3n) is 1.22. The van der Waals surface area contributed by atoms with Crippen molar-refractivity contribution in [1.29, 1.82) is 0 Å². The highest BCUT2D eigenvalue weighted by Gasteiger charge is 2.04. The van der Waals surface area contributed by atoms with Gasteiger partial charge in [0.05, 0.1) is 12.1 Å². The molecule has 0 saturated heterocycles. The lowest BCUT2D eigenvalue weighted by molar-refractivity contribution is 0.373. The Morgan fingerprint density at radius 1 is 1.55 bits per heavy atom. The van der Waals surface area contributed by atoms with E-state index in [1.807, 2.05) is 0 Å². The van der Waals surface area contributed by atoms with Crippen LogP contribution >= 0.6 is 27.5 Å².